The third-order valence-electron chi connectivity index (χ3n) is 3.12. The summed E-state index contributed by atoms with van der Waals surface area (Å²) in [4.78, 5) is 0. The second-order valence-electron chi connectivity index (χ2n) is 4.58. The van der Waals surface area contributed by atoms with Crippen LogP contribution in [0.2, 0.25) is 0 Å². The lowest BCUT2D eigenvalue weighted by Gasteiger charge is -2.16. The van der Waals surface area contributed by atoms with Gasteiger partial charge >= 0.3 is 0 Å². The molecule has 0 fully saturated rings. The zero-order valence-electron chi connectivity index (χ0n) is 11.8. The van der Waals surface area contributed by atoms with Gasteiger partial charge in [0.2, 0.25) is 0 Å². The Hall–Kier alpha value is -1.81. The molecule has 0 radical (unpaired) electrons. The Labute approximate surface area is 114 Å². The fourth-order valence-corrected chi connectivity index (χ4v) is 2.18. The number of benzene rings is 1. The molecule has 0 aliphatic rings. The Bertz CT molecular complexity index is 522. The van der Waals surface area contributed by atoms with Gasteiger partial charge in [-0.3, -0.25) is 4.68 Å². The van der Waals surface area contributed by atoms with Gasteiger partial charge in [-0.05, 0) is 36.7 Å². The lowest BCUT2D eigenvalue weighted by atomic mass is 10.0. The molecule has 0 spiro atoms. The molecule has 19 heavy (non-hydrogen) atoms. The molecule has 1 N–H and O–H groups in total. The molecule has 1 aromatic heterocycles. The largest absolute Gasteiger partial charge is 0.497 e. The van der Waals surface area contributed by atoms with Crippen molar-refractivity contribution in [2.24, 2.45) is 7.05 Å². The van der Waals surface area contributed by atoms with Crippen molar-refractivity contribution >= 4 is 0 Å². The van der Waals surface area contributed by atoms with E-state index in [0.717, 1.165) is 24.4 Å². The van der Waals surface area contributed by atoms with Gasteiger partial charge in [-0.25, -0.2) is 0 Å². The molecule has 2 rings (SSSR count). The monoisotopic (exact) mass is 259 g/mol. The van der Waals surface area contributed by atoms with Crippen LogP contribution in [0, 0.1) is 0 Å². The minimum absolute atomic E-state index is 0.235. The maximum atomic E-state index is 5.27. The molecule has 1 heterocycles. The summed E-state index contributed by atoms with van der Waals surface area (Å²) in [6.45, 7) is 3.03. The molecule has 0 saturated carbocycles. The van der Waals surface area contributed by atoms with E-state index in [9.17, 15) is 0 Å². The number of rotatable bonds is 6. The minimum Gasteiger partial charge on any atom is -0.497 e. The summed E-state index contributed by atoms with van der Waals surface area (Å²) in [7, 11) is 3.64. The predicted octanol–water partition coefficient (Wildman–Crippen LogP) is 2.32. The molecular formula is C15H21N3O. The third-order valence-corrected chi connectivity index (χ3v) is 3.12. The summed E-state index contributed by atoms with van der Waals surface area (Å²) in [5, 5.41) is 7.97. The van der Waals surface area contributed by atoms with Crippen LogP contribution in [-0.2, 0) is 13.5 Å². The van der Waals surface area contributed by atoms with Crippen molar-refractivity contribution in [2.45, 2.75) is 19.4 Å². The van der Waals surface area contributed by atoms with Crippen LogP contribution >= 0.6 is 0 Å². The molecule has 0 aliphatic carbocycles. The number of aromatic nitrogens is 2. The molecule has 4 heteroatoms. The third kappa shape index (κ3) is 3.58. The molecule has 4 nitrogen and oxygen atoms in total. The van der Waals surface area contributed by atoms with Crippen LogP contribution < -0.4 is 10.1 Å². The van der Waals surface area contributed by atoms with Crippen molar-refractivity contribution in [3.63, 3.8) is 0 Å². The number of nitrogens with one attached hydrogen (secondary N) is 1. The predicted molar refractivity (Wildman–Crippen MR) is 76.3 cm³/mol. The number of methoxy groups -OCH3 is 1. The summed E-state index contributed by atoms with van der Waals surface area (Å²) >= 11 is 0. The molecule has 1 aromatic carbocycles. The highest BCUT2D eigenvalue weighted by Crippen LogP contribution is 2.20. The Balaban J connectivity index is 2.16. The second kappa shape index (κ2) is 6.38. The van der Waals surface area contributed by atoms with Gasteiger partial charge in [-0.2, -0.15) is 5.10 Å². The maximum absolute atomic E-state index is 5.27. The summed E-state index contributed by atoms with van der Waals surface area (Å²) in [6.07, 6.45) is 2.88. The average Bonchev–Trinajstić information content (AvgIpc) is 2.85. The molecule has 1 atom stereocenters. The summed E-state index contributed by atoms with van der Waals surface area (Å²) < 4.78 is 7.10. The lowest BCUT2D eigenvalue weighted by molar-refractivity contribution is 0.413. The number of hydrogen-bond acceptors (Lipinski definition) is 3. The SMILES string of the molecule is CCNC(Cc1cccc(OC)c1)c1ccn(C)n1. The van der Waals surface area contributed by atoms with Crippen molar-refractivity contribution < 1.29 is 4.74 Å². The molecular weight excluding hydrogens is 238 g/mol. The van der Waals surface area contributed by atoms with E-state index in [2.05, 4.69) is 35.5 Å². The molecule has 2 aromatic rings. The topological polar surface area (TPSA) is 39.1 Å². The van der Waals surface area contributed by atoms with Crippen LogP contribution in [-0.4, -0.2) is 23.4 Å². The Morgan fingerprint density at radius 2 is 2.21 bits per heavy atom. The highest BCUT2D eigenvalue weighted by atomic mass is 16.5. The van der Waals surface area contributed by atoms with E-state index in [4.69, 9.17) is 4.74 Å². The first-order valence-electron chi connectivity index (χ1n) is 6.58. The van der Waals surface area contributed by atoms with Gasteiger partial charge in [0.25, 0.3) is 0 Å². The fourth-order valence-electron chi connectivity index (χ4n) is 2.18. The van der Waals surface area contributed by atoms with Crippen LogP contribution in [0.25, 0.3) is 0 Å². The van der Waals surface area contributed by atoms with E-state index in [1.54, 1.807) is 7.11 Å². The van der Waals surface area contributed by atoms with E-state index < -0.39 is 0 Å². The first kappa shape index (κ1) is 13.6. The Morgan fingerprint density at radius 1 is 1.37 bits per heavy atom. The van der Waals surface area contributed by atoms with E-state index in [1.807, 2.05) is 30.1 Å². The van der Waals surface area contributed by atoms with Gasteiger partial charge in [-0.15, -0.1) is 0 Å². The fraction of sp³-hybridized carbons (Fsp3) is 0.400. The van der Waals surface area contributed by atoms with Crippen molar-refractivity contribution in [1.29, 1.82) is 0 Å². The van der Waals surface area contributed by atoms with Crippen molar-refractivity contribution in [3.05, 3.63) is 47.8 Å². The van der Waals surface area contributed by atoms with Gasteiger partial charge in [-0.1, -0.05) is 19.1 Å². The van der Waals surface area contributed by atoms with E-state index in [0.29, 0.717) is 0 Å². The van der Waals surface area contributed by atoms with Gasteiger partial charge in [0.15, 0.2) is 0 Å². The van der Waals surface area contributed by atoms with Crippen LogP contribution in [0.15, 0.2) is 36.5 Å². The van der Waals surface area contributed by atoms with Gasteiger partial charge in [0.05, 0.1) is 18.8 Å². The summed E-state index contributed by atoms with van der Waals surface area (Å²) in [5.41, 5.74) is 2.32. The summed E-state index contributed by atoms with van der Waals surface area (Å²) in [5.74, 6) is 0.897. The zero-order chi connectivity index (χ0) is 13.7. The van der Waals surface area contributed by atoms with E-state index in [-0.39, 0.29) is 6.04 Å². The second-order valence-corrected chi connectivity index (χ2v) is 4.58. The van der Waals surface area contributed by atoms with Gasteiger partial charge in [0.1, 0.15) is 5.75 Å². The first-order chi connectivity index (χ1) is 9.22. The highest BCUT2D eigenvalue weighted by molar-refractivity contribution is 5.29. The highest BCUT2D eigenvalue weighted by Gasteiger charge is 2.14. The first-order valence-corrected chi connectivity index (χ1v) is 6.58. The standard InChI is InChI=1S/C15H21N3O/c1-4-16-15(14-8-9-18(2)17-14)11-12-6-5-7-13(10-12)19-3/h5-10,15-16H,4,11H2,1-3H3. The molecule has 0 aliphatic heterocycles. The number of hydrogen-bond donors (Lipinski definition) is 1. The smallest absolute Gasteiger partial charge is 0.119 e. The van der Waals surface area contributed by atoms with Crippen molar-refractivity contribution in [2.75, 3.05) is 13.7 Å². The molecule has 1 unspecified atom stereocenters. The molecule has 102 valence electrons. The quantitative estimate of drug-likeness (QED) is 0.865. The lowest BCUT2D eigenvalue weighted by Crippen LogP contribution is -2.23. The molecule has 0 amide bonds. The number of aryl methyl sites for hydroxylation is 1. The van der Waals surface area contributed by atoms with Crippen LogP contribution in [0.3, 0.4) is 0 Å². The summed E-state index contributed by atoms with van der Waals surface area (Å²) in [6, 6.07) is 10.5. The normalized spacial score (nSPS) is 12.4. The van der Waals surface area contributed by atoms with E-state index in [1.165, 1.54) is 5.56 Å². The number of ether oxygens (including phenoxy) is 1. The number of likely N-dealkylation sites (N-methyl/N-ethyl adjacent to an activating group) is 1. The maximum Gasteiger partial charge on any atom is 0.119 e. The van der Waals surface area contributed by atoms with Gasteiger partial charge < -0.3 is 10.1 Å². The Kier molecular flexibility index (Phi) is 4.58. The minimum atomic E-state index is 0.235. The van der Waals surface area contributed by atoms with Gasteiger partial charge in [0, 0.05) is 13.2 Å². The van der Waals surface area contributed by atoms with Crippen LogP contribution in [0.1, 0.15) is 24.2 Å². The van der Waals surface area contributed by atoms with E-state index >= 15 is 0 Å². The molecule has 0 saturated heterocycles. The number of nitrogens with zero attached hydrogens (tertiary/aromatic N) is 2. The van der Waals surface area contributed by atoms with Crippen LogP contribution in [0.4, 0.5) is 0 Å². The zero-order valence-corrected chi connectivity index (χ0v) is 11.8. The van der Waals surface area contributed by atoms with Crippen molar-refractivity contribution in [3.8, 4) is 5.75 Å². The average molecular weight is 259 g/mol. The van der Waals surface area contributed by atoms with Crippen molar-refractivity contribution in [1.82, 2.24) is 15.1 Å². The molecule has 0 bridgehead atoms. The Morgan fingerprint density at radius 3 is 2.84 bits per heavy atom. The van der Waals surface area contributed by atoms with Crippen LogP contribution in [0.5, 0.6) is 5.75 Å².